The van der Waals surface area contributed by atoms with E-state index in [1.807, 2.05) is 30.3 Å². The highest BCUT2D eigenvalue weighted by molar-refractivity contribution is 6.33. The van der Waals surface area contributed by atoms with Gasteiger partial charge in [-0.05, 0) is 25.0 Å². The third kappa shape index (κ3) is 5.56. The number of benzene rings is 2. The first-order chi connectivity index (χ1) is 12.4. The first-order valence-corrected chi connectivity index (χ1v) is 8.23. The Hall–Kier alpha value is -2.93. The summed E-state index contributed by atoms with van der Waals surface area (Å²) < 4.78 is 5.10. The smallest absolute Gasteiger partial charge is 0.306 e. The minimum atomic E-state index is -1.06. The zero-order valence-corrected chi connectivity index (χ0v) is 14.7. The summed E-state index contributed by atoms with van der Waals surface area (Å²) in [4.78, 5) is 34.2. The van der Waals surface area contributed by atoms with Crippen molar-refractivity contribution in [1.82, 2.24) is 0 Å². The molecule has 1 amide bonds. The van der Waals surface area contributed by atoms with Crippen LogP contribution in [0.2, 0.25) is 5.02 Å². The van der Waals surface area contributed by atoms with E-state index in [0.29, 0.717) is 6.42 Å². The Morgan fingerprint density at radius 1 is 1.23 bits per heavy atom. The first kappa shape index (κ1) is 19.4. The van der Waals surface area contributed by atoms with Gasteiger partial charge in [0.2, 0.25) is 0 Å². The molecule has 0 fully saturated rings. The standard InChI is InChI=1S/C18H17ClN2O5/c1-12(26-17(22)10-7-13-5-3-2-4-6-13)18(23)20-16-11-14(21(24)25)8-9-15(16)19/h2-6,8-9,11-12H,7,10H2,1H3,(H,20,23). The van der Waals surface area contributed by atoms with Crippen LogP contribution in [-0.4, -0.2) is 22.9 Å². The zero-order valence-electron chi connectivity index (χ0n) is 14.0. The Morgan fingerprint density at radius 2 is 1.92 bits per heavy atom. The predicted molar refractivity (Wildman–Crippen MR) is 97.1 cm³/mol. The van der Waals surface area contributed by atoms with E-state index in [0.717, 1.165) is 11.6 Å². The van der Waals surface area contributed by atoms with E-state index in [1.54, 1.807) is 0 Å². The fraction of sp³-hybridized carbons (Fsp3) is 0.222. The van der Waals surface area contributed by atoms with E-state index in [2.05, 4.69) is 5.32 Å². The second-order valence-electron chi connectivity index (χ2n) is 5.53. The van der Waals surface area contributed by atoms with Crippen molar-refractivity contribution in [3.8, 4) is 0 Å². The summed E-state index contributed by atoms with van der Waals surface area (Å²) in [5.74, 6) is -1.14. The van der Waals surface area contributed by atoms with Crippen molar-refractivity contribution in [2.45, 2.75) is 25.9 Å². The number of aryl methyl sites for hydroxylation is 1. The van der Waals surface area contributed by atoms with E-state index in [1.165, 1.54) is 19.1 Å². The highest BCUT2D eigenvalue weighted by Gasteiger charge is 2.20. The highest BCUT2D eigenvalue weighted by atomic mass is 35.5. The average Bonchev–Trinajstić information content (AvgIpc) is 2.62. The molecule has 0 aromatic heterocycles. The van der Waals surface area contributed by atoms with E-state index < -0.39 is 22.9 Å². The molecule has 0 aliphatic carbocycles. The molecule has 1 N–H and O–H groups in total. The van der Waals surface area contributed by atoms with Crippen molar-refractivity contribution in [1.29, 1.82) is 0 Å². The Balaban J connectivity index is 1.90. The third-order valence-corrected chi connectivity index (χ3v) is 3.89. The number of amides is 1. The normalized spacial score (nSPS) is 11.5. The number of anilines is 1. The maximum Gasteiger partial charge on any atom is 0.306 e. The molecular formula is C18H17ClN2O5. The van der Waals surface area contributed by atoms with Crippen LogP contribution >= 0.6 is 11.6 Å². The average molecular weight is 377 g/mol. The monoisotopic (exact) mass is 376 g/mol. The number of nitrogens with zero attached hydrogens (tertiary/aromatic N) is 1. The number of hydrogen-bond acceptors (Lipinski definition) is 5. The SMILES string of the molecule is CC(OC(=O)CCc1ccccc1)C(=O)Nc1cc([N+](=O)[O-])ccc1Cl. The zero-order chi connectivity index (χ0) is 19.1. The molecule has 0 heterocycles. The molecule has 2 aromatic rings. The lowest BCUT2D eigenvalue weighted by molar-refractivity contribution is -0.384. The molecule has 8 heteroatoms. The van der Waals surface area contributed by atoms with E-state index in [4.69, 9.17) is 16.3 Å². The maximum atomic E-state index is 12.1. The number of nitrogens with one attached hydrogen (secondary N) is 1. The van der Waals surface area contributed by atoms with Gasteiger partial charge in [0, 0.05) is 18.6 Å². The Labute approximate surface area is 155 Å². The fourth-order valence-corrected chi connectivity index (χ4v) is 2.32. The van der Waals surface area contributed by atoms with Gasteiger partial charge in [0.15, 0.2) is 6.10 Å². The molecular weight excluding hydrogens is 360 g/mol. The number of halogens is 1. The number of carbonyl (C=O) groups is 2. The van der Waals surface area contributed by atoms with E-state index >= 15 is 0 Å². The summed E-state index contributed by atoms with van der Waals surface area (Å²) in [6, 6.07) is 13.1. The number of non-ortho nitro benzene ring substituents is 1. The largest absolute Gasteiger partial charge is 0.453 e. The van der Waals surface area contributed by atoms with Crippen LogP contribution in [0.3, 0.4) is 0 Å². The van der Waals surface area contributed by atoms with Gasteiger partial charge >= 0.3 is 5.97 Å². The minimum Gasteiger partial charge on any atom is -0.453 e. The number of ether oxygens (including phenoxy) is 1. The molecule has 7 nitrogen and oxygen atoms in total. The number of carbonyl (C=O) groups excluding carboxylic acids is 2. The first-order valence-electron chi connectivity index (χ1n) is 7.85. The minimum absolute atomic E-state index is 0.0815. The summed E-state index contributed by atoms with van der Waals surface area (Å²) >= 11 is 5.93. The van der Waals surface area contributed by atoms with Crippen molar-refractivity contribution >= 4 is 34.9 Å². The molecule has 0 saturated carbocycles. The number of nitro benzene ring substituents is 1. The van der Waals surface area contributed by atoms with Crippen LogP contribution in [0.25, 0.3) is 0 Å². The topological polar surface area (TPSA) is 98.5 Å². The van der Waals surface area contributed by atoms with Gasteiger partial charge in [-0.25, -0.2) is 0 Å². The van der Waals surface area contributed by atoms with Crippen molar-refractivity contribution in [2.75, 3.05) is 5.32 Å². The molecule has 26 heavy (non-hydrogen) atoms. The molecule has 0 radical (unpaired) electrons. The van der Waals surface area contributed by atoms with Crippen LogP contribution < -0.4 is 5.32 Å². The van der Waals surface area contributed by atoms with Crippen LogP contribution in [0.4, 0.5) is 11.4 Å². The van der Waals surface area contributed by atoms with Gasteiger partial charge in [-0.15, -0.1) is 0 Å². The molecule has 0 aliphatic heterocycles. The third-order valence-electron chi connectivity index (χ3n) is 3.56. The number of esters is 1. The summed E-state index contributed by atoms with van der Waals surface area (Å²) in [7, 11) is 0. The van der Waals surface area contributed by atoms with Crippen molar-refractivity contribution < 1.29 is 19.2 Å². The van der Waals surface area contributed by atoms with Gasteiger partial charge in [0.1, 0.15) is 0 Å². The van der Waals surface area contributed by atoms with Crippen LogP contribution in [0.5, 0.6) is 0 Å². The van der Waals surface area contributed by atoms with Crippen LogP contribution in [0.1, 0.15) is 18.9 Å². The Bertz CT molecular complexity index is 810. The Morgan fingerprint density at radius 3 is 2.58 bits per heavy atom. The molecule has 0 aliphatic rings. The summed E-state index contributed by atoms with van der Waals surface area (Å²) in [6.07, 6.45) is -0.419. The molecule has 2 aromatic carbocycles. The maximum absolute atomic E-state index is 12.1. The van der Waals surface area contributed by atoms with Gasteiger partial charge in [-0.2, -0.15) is 0 Å². The lowest BCUT2D eigenvalue weighted by Crippen LogP contribution is -2.30. The predicted octanol–water partition coefficient (Wildman–Crippen LogP) is 3.75. The van der Waals surface area contributed by atoms with E-state index in [9.17, 15) is 19.7 Å². The summed E-state index contributed by atoms with van der Waals surface area (Å²) in [5.41, 5.74) is 0.861. The van der Waals surface area contributed by atoms with Gasteiger partial charge in [-0.3, -0.25) is 19.7 Å². The summed E-state index contributed by atoms with van der Waals surface area (Å²) in [5, 5.41) is 13.4. The molecule has 1 unspecified atom stereocenters. The molecule has 2 rings (SSSR count). The lowest BCUT2D eigenvalue weighted by Gasteiger charge is -2.14. The highest BCUT2D eigenvalue weighted by Crippen LogP contribution is 2.26. The van der Waals surface area contributed by atoms with Gasteiger partial charge in [0.25, 0.3) is 11.6 Å². The van der Waals surface area contributed by atoms with Crippen LogP contribution in [0.15, 0.2) is 48.5 Å². The van der Waals surface area contributed by atoms with Crippen LogP contribution in [0, 0.1) is 10.1 Å². The molecule has 0 bridgehead atoms. The molecule has 0 saturated heterocycles. The lowest BCUT2D eigenvalue weighted by atomic mass is 10.1. The number of nitro groups is 1. The van der Waals surface area contributed by atoms with Gasteiger partial charge < -0.3 is 10.1 Å². The Kier molecular flexibility index (Phi) is 6.68. The van der Waals surface area contributed by atoms with E-state index in [-0.39, 0.29) is 22.8 Å². The van der Waals surface area contributed by atoms with Gasteiger partial charge in [-0.1, -0.05) is 41.9 Å². The van der Waals surface area contributed by atoms with Crippen LogP contribution in [-0.2, 0) is 20.7 Å². The van der Waals surface area contributed by atoms with Crippen molar-refractivity contribution in [2.24, 2.45) is 0 Å². The second-order valence-corrected chi connectivity index (χ2v) is 5.94. The number of rotatable bonds is 7. The fourth-order valence-electron chi connectivity index (χ4n) is 2.16. The quantitative estimate of drug-likeness (QED) is 0.450. The molecule has 136 valence electrons. The van der Waals surface area contributed by atoms with Crippen molar-refractivity contribution in [3.63, 3.8) is 0 Å². The molecule has 0 spiro atoms. The second kappa shape index (κ2) is 8.96. The summed E-state index contributed by atoms with van der Waals surface area (Å²) in [6.45, 7) is 1.42. The molecule has 1 atom stereocenters. The van der Waals surface area contributed by atoms with Crippen molar-refractivity contribution in [3.05, 3.63) is 69.2 Å². The van der Waals surface area contributed by atoms with Gasteiger partial charge in [0.05, 0.1) is 15.6 Å². The number of hydrogen-bond donors (Lipinski definition) is 1.